The number of halogens is 3. The highest BCUT2D eigenvalue weighted by Gasteiger charge is 2.27. The predicted octanol–water partition coefficient (Wildman–Crippen LogP) is 0.151. The van der Waals surface area contributed by atoms with Crippen molar-refractivity contribution in [3.05, 3.63) is 0 Å². The van der Waals surface area contributed by atoms with Crippen LogP contribution in [0.1, 0.15) is 13.3 Å². The first kappa shape index (κ1) is 15.4. The lowest BCUT2D eigenvalue weighted by Crippen LogP contribution is -2.36. The van der Waals surface area contributed by atoms with Crippen LogP contribution in [0, 0.1) is 0 Å². The first-order valence-corrected chi connectivity index (χ1v) is 6.13. The Morgan fingerprint density at radius 2 is 2.06 bits per heavy atom. The van der Waals surface area contributed by atoms with Crippen LogP contribution >= 0.6 is 0 Å². The Morgan fingerprint density at radius 1 is 1.50 bits per heavy atom. The Balaban J connectivity index is 3.75. The number of carbonyl (C=O) groups excluding carboxylic acids is 1. The molecule has 3 N–H and O–H groups in total. The molecule has 8 heteroatoms. The minimum absolute atomic E-state index is 0.137. The fourth-order valence-electron chi connectivity index (χ4n) is 0.786. The van der Waals surface area contributed by atoms with Crippen LogP contribution < -0.4 is 11.1 Å². The summed E-state index contributed by atoms with van der Waals surface area (Å²) in [6.07, 6.45) is -3.97. The molecule has 96 valence electrons. The molecule has 0 bridgehead atoms. The third-order valence-corrected chi connectivity index (χ3v) is 2.85. The topological polar surface area (TPSA) is 72.2 Å². The van der Waals surface area contributed by atoms with Gasteiger partial charge in [0.25, 0.3) is 0 Å². The van der Waals surface area contributed by atoms with Crippen LogP contribution in [0.2, 0.25) is 0 Å². The molecule has 4 nitrogen and oxygen atoms in total. The molecular weight excluding hydrogens is 245 g/mol. The molecular formula is C8H15F3N2O2S. The number of carbonyl (C=O) groups is 1. The lowest BCUT2D eigenvalue weighted by Gasteiger charge is -2.08. The molecule has 2 unspecified atom stereocenters. The van der Waals surface area contributed by atoms with Gasteiger partial charge < -0.3 is 11.1 Å². The summed E-state index contributed by atoms with van der Waals surface area (Å²) in [5.74, 6) is -1.06. The monoisotopic (exact) mass is 260 g/mol. The summed E-state index contributed by atoms with van der Waals surface area (Å²) in [6.45, 7) is 0.331. The molecule has 16 heavy (non-hydrogen) atoms. The number of hydrogen-bond acceptors (Lipinski definition) is 3. The minimum Gasteiger partial charge on any atom is -0.346 e. The van der Waals surface area contributed by atoms with E-state index in [1.165, 1.54) is 0 Å². The quantitative estimate of drug-likeness (QED) is 0.714. The Labute approximate surface area is 94.2 Å². The van der Waals surface area contributed by atoms with Crippen LogP contribution in [0.4, 0.5) is 13.2 Å². The van der Waals surface area contributed by atoms with Gasteiger partial charge in [-0.25, -0.2) is 0 Å². The van der Waals surface area contributed by atoms with Gasteiger partial charge in [-0.1, -0.05) is 0 Å². The summed E-state index contributed by atoms with van der Waals surface area (Å²) in [5.41, 5.74) is 5.40. The van der Waals surface area contributed by atoms with Crippen molar-refractivity contribution in [2.75, 3.05) is 18.1 Å². The van der Waals surface area contributed by atoms with E-state index in [9.17, 15) is 22.2 Å². The fourth-order valence-corrected chi connectivity index (χ4v) is 1.96. The highest BCUT2D eigenvalue weighted by molar-refractivity contribution is 7.85. The first-order valence-electron chi connectivity index (χ1n) is 4.64. The zero-order valence-electron chi connectivity index (χ0n) is 8.84. The van der Waals surface area contributed by atoms with E-state index in [0.29, 0.717) is 6.42 Å². The molecule has 0 heterocycles. The van der Waals surface area contributed by atoms with Crippen LogP contribution in [0.5, 0.6) is 0 Å². The van der Waals surface area contributed by atoms with Gasteiger partial charge >= 0.3 is 6.18 Å². The number of amides is 1. The van der Waals surface area contributed by atoms with Crippen molar-refractivity contribution in [3.8, 4) is 0 Å². The van der Waals surface area contributed by atoms with Crippen molar-refractivity contribution < 1.29 is 22.2 Å². The molecule has 0 aliphatic heterocycles. The summed E-state index contributed by atoms with van der Waals surface area (Å²) >= 11 is 0. The molecule has 0 saturated heterocycles. The minimum atomic E-state index is -4.44. The maximum Gasteiger partial charge on any atom is 0.405 e. The zero-order chi connectivity index (χ0) is 12.8. The maximum atomic E-state index is 11.7. The van der Waals surface area contributed by atoms with Crippen molar-refractivity contribution in [3.63, 3.8) is 0 Å². The van der Waals surface area contributed by atoms with Crippen LogP contribution in [-0.4, -0.2) is 40.4 Å². The van der Waals surface area contributed by atoms with Gasteiger partial charge in [-0.15, -0.1) is 0 Å². The number of rotatable bonds is 6. The van der Waals surface area contributed by atoms with Crippen molar-refractivity contribution in [1.29, 1.82) is 0 Å². The maximum absolute atomic E-state index is 11.7. The Morgan fingerprint density at radius 3 is 2.50 bits per heavy atom. The standard InChI is InChI=1S/C8H15F3N2O2S/c1-6(12)2-3-16(15)4-7(14)13-5-8(9,10)11/h6H,2-5,12H2,1H3,(H,13,14). The highest BCUT2D eigenvalue weighted by Crippen LogP contribution is 2.11. The van der Waals surface area contributed by atoms with E-state index in [1.807, 2.05) is 0 Å². The lowest BCUT2D eigenvalue weighted by atomic mass is 10.3. The largest absolute Gasteiger partial charge is 0.405 e. The Kier molecular flexibility index (Phi) is 6.58. The average Bonchev–Trinajstić information content (AvgIpc) is 2.10. The molecule has 0 fully saturated rings. The number of hydrogen-bond donors (Lipinski definition) is 2. The van der Waals surface area contributed by atoms with Crippen LogP contribution in [0.15, 0.2) is 0 Å². The summed E-state index contributed by atoms with van der Waals surface area (Å²) in [7, 11) is -1.46. The van der Waals surface area contributed by atoms with Crippen molar-refractivity contribution in [2.24, 2.45) is 5.73 Å². The van der Waals surface area contributed by atoms with Gasteiger partial charge in [0.1, 0.15) is 12.3 Å². The third kappa shape index (κ3) is 9.91. The molecule has 0 spiro atoms. The highest BCUT2D eigenvalue weighted by atomic mass is 32.2. The predicted molar refractivity (Wildman–Crippen MR) is 55.2 cm³/mol. The number of alkyl halides is 3. The Bertz CT molecular complexity index is 256. The van der Waals surface area contributed by atoms with Gasteiger partial charge in [-0.2, -0.15) is 13.2 Å². The van der Waals surface area contributed by atoms with Gasteiger partial charge in [0.05, 0.1) is 0 Å². The van der Waals surface area contributed by atoms with E-state index in [4.69, 9.17) is 5.73 Å². The molecule has 0 rings (SSSR count). The first-order chi connectivity index (χ1) is 7.20. The second-order valence-corrected chi connectivity index (χ2v) is 5.02. The average molecular weight is 260 g/mol. The third-order valence-electron chi connectivity index (χ3n) is 1.58. The molecule has 0 aliphatic rings. The number of nitrogens with one attached hydrogen (secondary N) is 1. The van der Waals surface area contributed by atoms with Crippen molar-refractivity contribution in [2.45, 2.75) is 25.6 Å². The molecule has 0 aromatic carbocycles. The Hall–Kier alpha value is -0.630. The lowest BCUT2D eigenvalue weighted by molar-refractivity contribution is -0.136. The van der Waals surface area contributed by atoms with Gasteiger partial charge in [-0.05, 0) is 13.3 Å². The molecule has 0 aromatic heterocycles. The zero-order valence-corrected chi connectivity index (χ0v) is 9.66. The van der Waals surface area contributed by atoms with Crippen LogP contribution in [-0.2, 0) is 15.6 Å². The van der Waals surface area contributed by atoms with E-state index < -0.39 is 35.2 Å². The smallest absolute Gasteiger partial charge is 0.346 e. The van der Waals surface area contributed by atoms with E-state index in [2.05, 4.69) is 0 Å². The van der Waals surface area contributed by atoms with Crippen LogP contribution in [0.3, 0.4) is 0 Å². The van der Waals surface area contributed by atoms with E-state index in [1.54, 1.807) is 12.2 Å². The van der Waals surface area contributed by atoms with Gasteiger partial charge in [-0.3, -0.25) is 9.00 Å². The molecule has 0 aliphatic carbocycles. The van der Waals surface area contributed by atoms with Crippen LogP contribution in [0.25, 0.3) is 0 Å². The van der Waals surface area contributed by atoms with Gasteiger partial charge in [0.15, 0.2) is 0 Å². The molecule has 0 saturated carbocycles. The second kappa shape index (κ2) is 6.85. The molecule has 1 amide bonds. The van der Waals surface area contributed by atoms with Crippen molar-refractivity contribution in [1.82, 2.24) is 5.32 Å². The normalized spacial score (nSPS) is 15.6. The number of nitrogens with two attached hydrogens (primary N) is 1. The van der Waals surface area contributed by atoms with Crippen molar-refractivity contribution >= 4 is 16.7 Å². The summed E-state index contributed by atoms with van der Waals surface area (Å²) in [6, 6.07) is -0.137. The summed E-state index contributed by atoms with van der Waals surface area (Å²) in [4.78, 5) is 10.9. The molecule has 0 radical (unpaired) electrons. The SMILES string of the molecule is CC(N)CCS(=O)CC(=O)NCC(F)(F)F. The van der Waals surface area contributed by atoms with E-state index >= 15 is 0 Å². The molecule has 0 aromatic rings. The second-order valence-electron chi connectivity index (χ2n) is 3.45. The van der Waals surface area contributed by atoms with E-state index in [-0.39, 0.29) is 11.8 Å². The molecule has 2 atom stereocenters. The van der Waals surface area contributed by atoms with Gasteiger partial charge in [0, 0.05) is 22.6 Å². The van der Waals surface area contributed by atoms with E-state index in [0.717, 1.165) is 0 Å². The summed E-state index contributed by atoms with van der Waals surface area (Å²) < 4.78 is 46.3. The summed E-state index contributed by atoms with van der Waals surface area (Å²) in [5, 5.41) is 1.65. The fraction of sp³-hybridized carbons (Fsp3) is 0.875. The van der Waals surface area contributed by atoms with Gasteiger partial charge in [0.2, 0.25) is 5.91 Å².